The SMILES string of the molecule is BrCc1ncc2ccccc2c1Br.CC.CC.CC.Cc1cc2ccccc2cn1.Cc1ncc2ccccc2c1Br. The number of halogens is 3. The topological polar surface area (TPSA) is 38.7 Å². The van der Waals surface area contributed by atoms with Gasteiger partial charge in [-0.2, -0.15) is 0 Å². The normalized spacial score (nSPS) is 9.40. The minimum atomic E-state index is 0.776. The van der Waals surface area contributed by atoms with E-state index < -0.39 is 0 Å². The van der Waals surface area contributed by atoms with E-state index in [1.165, 1.54) is 32.3 Å². The third-order valence-electron chi connectivity index (χ3n) is 5.62. The van der Waals surface area contributed by atoms with Crippen LogP contribution in [-0.4, -0.2) is 15.0 Å². The van der Waals surface area contributed by atoms with Gasteiger partial charge in [-0.15, -0.1) is 0 Å². The number of rotatable bonds is 1. The Balaban J connectivity index is 0.000000289. The lowest BCUT2D eigenvalue weighted by molar-refractivity contribution is 1.19. The number of benzene rings is 3. The summed E-state index contributed by atoms with van der Waals surface area (Å²) in [4.78, 5) is 12.8. The molecule has 222 valence electrons. The van der Waals surface area contributed by atoms with Gasteiger partial charge in [-0.1, -0.05) is 130 Å². The molecule has 42 heavy (non-hydrogen) atoms. The summed E-state index contributed by atoms with van der Waals surface area (Å²) in [6.45, 7) is 16.0. The van der Waals surface area contributed by atoms with E-state index in [9.17, 15) is 0 Å². The van der Waals surface area contributed by atoms with Crippen molar-refractivity contribution in [1.82, 2.24) is 15.0 Å². The van der Waals surface area contributed by atoms with Gasteiger partial charge in [0, 0.05) is 54.7 Å². The van der Waals surface area contributed by atoms with E-state index in [0.29, 0.717) is 0 Å². The van der Waals surface area contributed by atoms with E-state index in [2.05, 4.69) is 105 Å². The number of fused-ring (bicyclic) bond motifs is 3. The van der Waals surface area contributed by atoms with Crippen LogP contribution in [0.15, 0.2) is 106 Å². The second-order valence-corrected chi connectivity index (χ2v) is 10.3. The highest BCUT2D eigenvalue weighted by atomic mass is 79.9. The maximum Gasteiger partial charge on any atom is 0.0657 e. The van der Waals surface area contributed by atoms with Gasteiger partial charge in [-0.3, -0.25) is 15.0 Å². The molecule has 3 heterocycles. The fraction of sp³-hybridized carbons (Fsp3) is 0.250. The first-order valence-corrected chi connectivity index (χ1v) is 17.1. The minimum absolute atomic E-state index is 0.776. The molecule has 0 N–H and O–H groups in total. The highest BCUT2D eigenvalue weighted by molar-refractivity contribution is 9.11. The lowest BCUT2D eigenvalue weighted by Gasteiger charge is -2.03. The molecule has 6 aromatic rings. The molecule has 0 saturated heterocycles. The molecule has 0 unspecified atom stereocenters. The van der Waals surface area contributed by atoms with Crippen molar-refractivity contribution in [2.24, 2.45) is 0 Å². The molecule has 0 fully saturated rings. The van der Waals surface area contributed by atoms with Gasteiger partial charge >= 0.3 is 0 Å². The fourth-order valence-electron chi connectivity index (χ4n) is 3.68. The van der Waals surface area contributed by atoms with Crippen LogP contribution in [-0.2, 0) is 5.33 Å². The summed E-state index contributed by atoms with van der Waals surface area (Å²) >= 11 is 10.5. The van der Waals surface area contributed by atoms with Crippen molar-refractivity contribution in [3.63, 3.8) is 0 Å². The van der Waals surface area contributed by atoms with Crippen LogP contribution in [0.3, 0.4) is 0 Å². The summed E-state index contributed by atoms with van der Waals surface area (Å²) in [7, 11) is 0. The van der Waals surface area contributed by atoms with Gasteiger partial charge in [0.05, 0.1) is 11.4 Å². The van der Waals surface area contributed by atoms with Crippen molar-refractivity contribution in [1.29, 1.82) is 0 Å². The lowest BCUT2D eigenvalue weighted by Crippen LogP contribution is -1.87. The standard InChI is InChI=1S/C10H7Br2N.C10H8BrN.C10H9N.3C2H6/c11-5-9-10(12)8-4-2-1-3-7(8)6-13-9;1-7-10(11)9-5-3-2-4-8(9)6-12-7;1-8-6-9-4-2-3-5-10(9)7-11-8;3*1-2/h1-4,6H,5H2;2-6H,1H3;2-7H,1H3;3*1-2H3. The molecule has 0 spiro atoms. The zero-order chi connectivity index (χ0) is 31.5. The molecule has 3 aromatic heterocycles. The van der Waals surface area contributed by atoms with Crippen LogP contribution in [0.25, 0.3) is 32.3 Å². The van der Waals surface area contributed by atoms with Crippen LogP contribution >= 0.6 is 47.8 Å². The Morgan fingerprint density at radius 2 is 0.952 bits per heavy atom. The first-order chi connectivity index (χ1) is 20.5. The smallest absolute Gasteiger partial charge is 0.0657 e. The maximum absolute atomic E-state index is 4.33. The zero-order valence-electron chi connectivity index (χ0n) is 25.9. The molecule has 0 amide bonds. The quantitative estimate of drug-likeness (QED) is 0.157. The van der Waals surface area contributed by atoms with Crippen molar-refractivity contribution >= 4 is 80.1 Å². The second kappa shape index (κ2) is 21.1. The molecule has 6 rings (SSSR count). The third-order valence-corrected chi connectivity index (χ3v) is 8.03. The number of pyridine rings is 3. The average molecular weight is 756 g/mol. The summed E-state index contributed by atoms with van der Waals surface area (Å²) < 4.78 is 2.18. The number of hydrogen-bond acceptors (Lipinski definition) is 3. The van der Waals surface area contributed by atoms with Crippen molar-refractivity contribution < 1.29 is 0 Å². The van der Waals surface area contributed by atoms with Crippen LogP contribution in [0.4, 0.5) is 0 Å². The molecule has 0 aliphatic rings. The predicted molar refractivity (Wildman–Crippen MR) is 197 cm³/mol. The lowest BCUT2D eigenvalue weighted by atomic mass is 10.1. The molecule has 0 bridgehead atoms. The summed E-state index contributed by atoms with van der Waals surface area (Å²) in [5.41, 5.74) is 3.15. The fourth-order valence-corrected chi connectivity index (χ4v) is 5.55. The summed E-state index contributed by atoms with van der Waals surface area (Å²) in [5.74, 6) is 0. The average Bonchev–Trinajstić information content (AvgIpc) is 3.07. The van der Waals surface area contributed by atoms with Crippen LogP contribution in [0.1, 0.15) is 58.6 Å². The monoisotopic (exact) mass is 753 g/mol. The minimum Gasteiger partial charge on any atom is -0.261 e. The molecule has 0 radical (unpaired) electrons. The number of nitrogens with zero attached hydrogens (tertiary/aromatic N) is 3. The van der Waals surface area contributed by atoms with Crippen LogP contribution in [0.5, 0.6) is 0 Å². The Kier molecular flexibility index (Phi) is 18.8. The number of hydrogen-bond donors (Lipinski definition) is 0. The van der Waals surface area contributed by atoms with E-state index in [4.69, 9.17) is 0 Å². The third kappa shape index (κ3) is 10.9. The number of alkyl halides is 1. The molecule has 3 aromatic carbocycles. The molecule has 0 atom stereocenters. The Labute approximate surface area is 277 Å². The molecule has 6 heteroatoms. The first kappa shape index (κ1) is 37.4. The first-order valence-electron chi connectivity index (χ1n) is 14.4. The van der Waals surface area contributed by atoms with E-state index in [1.54, 1.807) is 0 Å². The Morgan fingerprint density at radius 1 is 0.524 bits per heavy atom. The van der Waals surface area contributed by atoms with E-state index in [-0.39, 0.29) is 0 Å². The van der Waals surface area contributed by atoms with Crippen molar-refractivity contribution in [2.75, 3.05) is 0 Å². The molecule has 0 aliphatic heterocycles. The van der Waals surface area contributed by atoms with E-state index in [1.807, 2.05) is 110 Å². The van der Waals surface area contributed by atoms with Crippen LogP contribution < -0.4 is 0 Å². The van der Waals surface area contributed by atoms with E-state index >= 15 is 0 Å². The highest BCUT2D eigenvalue weighted by Gasteiger charge is 2.04. The van der Waals surface area contributed by atoms with Gasteiger partial charge in [-0.25, -0.2) is 0 Å². The van der Waals surface area contributed by atoms with Gasteiger partial charge in [0.25, 0.3) is 0 Å². The predicted octanol–water partition coefficient (Wildman–Crippen LogP) is 12.8. The van der Waals surface area contributed by atoms with Gasteiger partial charge in [0.2, 0.25) is 0 Å². The Hall–Kier alpha value is -2.67. The molecular weight excluding hydrogens is 714 g/mol. The zero-order valence-corrected chi connectivity index (χ0v) is 30.7. The van der Waals surface area contributed by atoms with Crippen LogP contribution in [0, 0.1) is 13.8 Å². The second-order valence-electron chi connectivity index (χ2n) is 8.16. The van der Waals surface area contributed by atoms with Gasteiger partial charge < -0.3 is 0 Å². The highest BCUT2D eigenvalue weighted by Crippen LogP contribution is 2.27. The largest absolute Gasteiger partial charge is 0.261 e. The molecular formula is C36H42Br3N3. The van der Waals surface area contributed by atoms with E-state index in [0.717, 1.165) is 31.4 Å². The molecule has 0 saturated carbocycles. The van der Waals surface area contributed by atoms with Crippen molar-refractivity contribution in [3.05, 3.63) is 123 Å². The molecule has 0 aliphatic carbocycles. The Morgan fingerprint density at radius 3 is 1.50 bits per heavy atom. The maximum atomic E-state index is 4.33. The van der Waals surface area contributed by atoms with Crippen molar-refractivity contribution in [2.45, 2.75) is 60.7 Å². The van der Waals surface area contributed by atoms with Crippen molar-refractivity contribution in [3.8, 4) is 0 Å². The number of aromatic nitrogens is 3. The molecule has 3 nitrogen and oxygen atoms in total. The Bertz CT molecular complexity index is 1630. The van der Waals surface area contributed by atoms with Gasteiger partial charge in [-0.05, 0) is 67.9 Å². The summed E-state index contributed by atoms with van der Waals surface area (Å²) in [6, 6.07) is 26.7. The summed E-state index contributed by atoms with van der Waals surface area (Å²) in [6.07, 6.45) is 5.71. The summed E-state index contributed by atoms with van der Waals surface area (Å²) in [5, 5.41) is 8.03. The van der Waals surface area contributed by atoms with Gasteiger partial charge in [0.15, 0.2) is 0 Å². The van der Waals surface area contributed by atoms with Crippen LogP contribution in [0.2, 0.25) is 0 Å². The van der Waals surface area contributed by atoms with Gasteiger partial charge in [0.1, 0.15) is 0 Å². The number of aryl methyl sites for hydroxylation is 2.